The number of rotatable bonds is 5. The average Bonchev–Trinajstić information content (AvgIpc) is 2.65. The number of carbonyl (C=O) groups is 1. The van der Waals surface area contributed by atoms with Crippen molar-refractivity contribution >= 4 is 17.9 Å². The van der Waals surface area contributed by atoms with E-state index in [0.29, 0.717) is 5.56 Å². The Morgan fingerprint density at radius 3 is 2.48 bits per heavy atom. The van der Waals surface area contributed by atoms with Crippen molar-refractivity contribution in [1.82, 2.24) is 15.2 Å². The molecule has 0 aliphatic carbocycles. The monoisotopic (exact) mass is 353 g/mol. The van der Waals surface area contributed by atoms with Crippen LogP contribution in [0, 0.1) is 12.7 Å². The lowest BCUT2D eigenvalue weighted by Crippen LogP contribution is -2.33. The largest absolute Gasteiger partial charge is 0.277 e. The Morgan fingerprint density at radius 2 is 1.76 bits per heavy atom. The number of amides is 1. The number of pyridine rings is 1. The Labute approximate surface area is 149 Å². The quantitative estimate of drug-likeness (QED) is 0.535. The molecule has 0 bridgehead atoms. The van der Waals surface area contributed by atoms with Gasteiger partial charge in [0, 0.05) is 17.3 Å². The predicted molar refractivity (Wildman–Crippen MR) is 97.3 cm³/mol. The maximum absolute atomic E-state index is 14.4. The minimum atomic E-state index is -0.528. The highest BCUT2D eigenvalue weighted by atomic mass is 32.2. The smallest absolute Gasteiger partial charge is 0.269 e. The molecule has 0 unspecified atom stereocenters. The molecule has 0 saturated carbocycles. The minimum Gasteiger partial charge on any atom is -0.277 e. The average molecular weight is 353 g/mol. The number of benzene rings is 2. The van der Waals surface area contributed by atoms with Gasteiger partial charge >= 0.3 is 0 Å². The Kier molecular flexibility index (Phi) is 5.42. The van der Waals surface area contributed by atoms with Crippen LogP contribution in [0.3, 0.4) is 0 Å². The van der Waals surface area contributed by atoms with Crippen LogP contribution < -0.4 is 10.3 Å². The molecule has 0 aliphatic rings. The number of nitrogens with zero attached hydrogens (tertiary/aromatic N) is 1. The first-order valence-electron chi connectivity index (χ1n) is 7.63. The zero-order valence-corrected chi connectivity index (χ0v) is 14.3. The van der Waals surface area contributed by atoms with Gasteiger partial charge in [-0.3, -0.25) is 15.2 Å². The van der Waals surface area contributed by atoms with Crippen LogP contribution in [0.1, 0.15) is 15.9 Å². The summed E-state index contributed by atoms with van der Waals surface area (Å²) < 4.78 is 14.4. The van der Waals surface area contributed by atoms with Crippen LogP contribution in [0.2, 0.25) is 0 Å². The summed E-state index contributed by atoms with van der Waals surface area (Å²) in [6.07, 6.45) is 3.32. The van der Waals surface area contributed by atoms with E-state index in [1.807, 2.05) is 42.5 Å². The molecule has 0 radical (unpaired) electrons. The van der Waals surface area contributed by atoms with Crippen LogP contribution in [-0.4, -0.2) is 10.9 Å². The van der Waals surface area contributed by atoms with E-state index in [9.17, 15) is 9.18 Å². The molecule has 2 N–H and O–H groups in total. The number of hydrogen-bond acceptors (Lipinski definition) is 4. The van der Waals surface area contributed by atoms with Gasteiger partial charge in [-0.05, 0) is 72.0 Å². The topological polar surface area (TPSA) is 54.0 Å². The summed E-state index contributed by atoms with van der Waals surface area (Å²) in [5, 5.41) is 0. The number of hydrazine groups is 1. The van der Waals surface area contributed by atoms with Crippen LogP contribution >= 0.6 is 11.9 Å². The summed E-state index contributed by atoms with van der Waals surface area (Å²) in [7, 11) is 0. The number of halogens is 1. The second kappa shape index (κ2) is 7.92. The van der Waals surface area contributed by atoms with Gasteiger partial charge in [0.2, 0.25) is 0 Å². The van der Waals surface area contributed by atoms with Crippen molar-refractivity contribution in [2.24, 2.45) is 0 Å². The van der Waals surface area contributed by atoms with Gasteiger partial charge in [0.1, 0.15) is 5.82 Å². The molecule has 25 heavy (non-hydrogen) atoms. The Morgan fingerprint density at radius 1 is 1.04 bits per heavy atom. The summed E-state index contributed by atoms with van der Waals surface area (Å²) in [4.78, 5) is 20.0. The van der Waals surface area contributed by atoms with Crippen LogP contribution in [0.25, 0.3) is 11.1 Å². The van der Waals surface area contributed by atoms with E-state index in [2.05, 4.69) is 15.2 Å². The molecule has 1 aromatic heterocycles. The standard InChI is InChI=1S/C19H16FN3OS/c1-13-11-15(14-7-9-21-10-8-14)12-17(18(13)20)19(24)22-23-25-16-5-3-2-4-6-16/h2-12,23H,1H3,(H,22,24). The van der Waals surface area contributed by atoms with E-state index in [1.165, 1.54) is 11.9 Å². The number of aromatic nitrogens is 1. The first-order chi connectivity index (χ1) is 12.1. The van der Waals surface area contributed by atoms with Gasteiger partial charge in [-0.25, -0.2) is 4.39 Å². The maximum Gasteiger partial charge on any atom is 0.269 e. The minimum absolute atomic E-state index is 0.00651. The van der Waals surface area contributed by atoms with Crippen LogP contribution in [0.5, 0.6) is 0 Å². The molecule has 0 aliphatic heterocycles. The highest BCUT2D eigenvalue weighted by Crippen LogP contribution is 2.24. The third-order valence-corrected chi connectivity index (χ3v) is 4.30. The zero-order chi connectivity index (χ0) is 17.6. The fourth-order valence-electron chi connectivity index (χ4n) is 2.33. The highest BCUT2D eigenvalue weighted by molar-refractivity contribution is 7.97. The van der Waals surface area contributed by atoms with Crippen molar-refractivity contribution in [3.05, 3.63) is 83.9 Å². The van der Waals surface area contributed by atoms with Crippen LogP contribution in [-0.2, 0) is 0 Å². The van der Waals surface area contributed by atoms with Gasteiger partial charge in [0.25, 0.3) is 5.91 Å². The first kappa shape index (κ1) is 17.1. The molecule has 0 atom stereocenters. The van der Waals surface area contributed by atoms with Gasteiger partial charge in [0.05, 0.1) is 5.56 Å². The van der Waals surface area contributed by atoms with Crippen molar-refractivity contribution in [3.63, 3.8) is 0 Å². The Balaban J connectivity index is 1.76. The van der Waals surface area contributed by atoms with E-state index in [1.54, 1.807) is 31.5 Å². The Hall–Kier alpha value is -2.70. The predicted octanol–water partition coefficient (Wildman–Crippen LogP) is 4.14. The second-order valence-electron chi connectivity index (χ2n) is 5.36. The summed E-state index contributed by atoms with van der Waals surface area (Å²) in [6.45, 7) is 1.64. The molecule has 2 aromatic carbocycles. The lowest BCUT2D eigenvalue weighted by atomic mass is 10.00. The van der Waals surface area contributed by atoms with Crippen molar-refractivity contribution in [3.8, 4) is 11.1 Å². The molecule has 6 heteroatoms. The fourth-order valence-corrected chi connectivity index (χ4v) is 2.89. The van der Waals surface area contributed by atoms with Gasteiger partial charge in [-0.1, -0.05) is 18.2 Å². The molecular weight excluding hydrogens is 337 g/mol. The van der Waals surface area contributed by atoms with Gasteiger partial charge in [-0.15, -0.1) is 0 Å². The first-order valence-corrected chi connectivity index (χ1v) is 8.44. The normalized spacial score (nSPS) is 10.5. The molecule has 4 nitrogen and oxygen atoms in total. The van der Waals surface area contributed by atoms with Gasteiger partial charge < -0.3 is 0 Å². The number of nitrogens with one attached hydrogen (secondary N) is 2. The van der Waals surface area contributed by atoms with Gasteiger partial charge in [0.15, 0.2) is 0 Å². The Bertz CT molecular complexity index is 873. The summed E-state index contributed by atoms with van der Waals surface area (Å²) >= 11 is 1.24. The molecule has 1 amide bonds. The molecule has 0 spiro atoms. The molecule has 0 saturated heterocycles. The maximum atomic E-state index is 14.4. The van der Waals surface area contributed by atoms with E-state index in [0.717, 1.165) is 16.0 Å². The molecule has 0 fully saturated rings. The molecule has 1 heterocycles. The third kappa shape index (κ3) is 4.23. The summed E-state index contributed by atoms with van der Waals surface area (Å²) in [6, 6.07) is 16.4. The molecule has 3 rings (SSSR count). The van der Waals surface area contributed by atoms with Gasteiger partial charge in [-0.2, -0.15) is 4.83 Å². The number of carbonyl (C=O) groups excluding carboxylic acids is 1. The third-order valence-electron chi connectivity index (χ3n) is 3.59. The van der Waals surface area contributed by atoms with E-state index in [-0.39, 0.29) is 5.56 Å². The van der Waals surface area contributed by atoms with Crippen LogP contribution in [0.15, 0.2) is 71.9 Å². The SMILES string of the molecule is Cc1cc(-c2ccncc2)cc(C(=O)NNSc2ccccc2)c1F. The second-order valence-corrected chi connectivity index (χ2v) is 6.24. The lowest BCUT2D eigenvalue weighted by Gasteiger charge is -2.11. The van der Waals surface area contributed by atoms with Crippen molar-refractivity contribution in [1.29, 1.82) is 0 Å². The number of hydrogen-bond donors (Lipinski definition) is 2. The summed E-state index contributed by atoms with van der Waals surface area (Å²) in [5.41, 5.74) is 4.56. The van der Waals surface area contributed by atoms with Crippen molar-refractivity contribution in [2.45, 2.75) is 11.8 Å². The molecule has 126 valence electrons. The lowest BCUT2D eigenvalue weighted by molar-refractivity contribution is 0.0943. The van der Waals surface area contributed by atoms with E-state index < -0.39 is 11.7 Å². The fraction of sp³-hybridized carbons (Fsp3) is 0.0526. The van der Waals surface area contributed by atoms with Crippen LogP contribution in [0.4, 0.5) is 4.39 Å². The van der Waals surface area contributed by atoms with E-state index >= 15 is 0 Å². The van der Waals surface area contributed by atoms with Crippen molar-refractivity contribution in [2.75, 3.05) is 0 Å². The van der Waals surface area contributed by atoms with E-state index in [4.69, 9.17) is 0 Å². The van der Waals surface area contributed by atoms with Crippen molar-refractivity contribution < 1.29 is 9.18 Å². The zero-order valence-electron chi connectivity index (χ0n) is 13.5. The number of aryl methyl sites for hydroxylation is 1. The molecular formula is C19H16FN3OS. The highest BCUT2D eigenvalue weighted by Gasteiger charge is 2.16. The molecule has 3 aromatic rings. The summed E-state index contributed by atoms with van der Waals surface area (Å²) in [5.74, 6) is -1.05.